The first-order valence-corrected chi connectivity index (χ1v) is 12.1. The number of rotatable bonds is 9. The van der Waals surface area contributed by atoms with Crippen molar-refractivity contribution in [2.75, 3.05) is 44.7 Å². The molecule has 0 aliphatic carbocycles. The van der Waals surface area contributed by atoms with Crippen molar-refractivity contribution in [3.63, 3.8) is 0 Å². The Morgan fingerprint density at radius 1 is 1.27 bits per heavy atom. The van der Waals surface area contributed by atoms with Crippen LogP contribution in [0.25, 0.3) is 0 Å². The van der Waals surface area contributed by atoms with Gasteiger partial charge in [-0.2, -0.15) is 9.57 Å². The minimum atomic E-state index is -3.68. The maximum absolute atomic E-state index is 13.1. The number of benzene rings is 2. The number of ether oxygens (including phenoxy) is 1. The van der Waals surface area contributed by atoms with E-state index in [0.717, 1.165) is 5.56 Å². The summed E-state index contributed by atoms with van der Waals surface area (Å²) in [6.45, 7) is 7.88. The van der Waals surface area contributed by atoms with Crippen LogP contribution in [0, 0.1) is 18.3 Å². The number of aryl methyl sites for hydroxylation is 1. The summed E-state index contributed by atoms with van der Waals surface area (Å²) >= 11 is 0. The second-order valence-electron chi connectivity index (χ2n) is 7.82. The van der Waals surface area contributed by atoms with E-state index >= 15 is 0 Å². The molecule has 0 spiro atoms. The fourth-order valence-corrected chi connectivity index (χ4v) is 5.31. The number of anilines is 1. The van der Waals surface area contributed by atoms with E-state index in [1.165, 1.54) is 10.4 Å². The van der Waals surface area contributed by atoms with Gasteiger partial charge in [-0.05, 0) is 42.3 Å². The van der Waals surface area contributed by atoms with Gasteiger partial charge >= 0.3 is 0 Å². The molecule has 1 aliphatic heterocycles. The molecule has 0 bridgehead atoms. The fourth-order valence-electron chi connectivity index (χ4n) is 3.65. The van der Waals surface area contributed by atoms with Gasteiger partial charge in [-0.1, -0.05) is 24.3 Å². The summed E-state index contributed by atoms with van der Waals surface area (Å²) in [5.41, 5.74) is 2.51. The highest BCUT2D eigenvalue weighted by Gasteiger charge is 2.28. The lowest BCUT2D eigenvalue weighted by Gasteiger charge is -2.27. The number of hydrogen-bond donors (Lipinski definition) is 1. The molecule has 2 aromatic carbocycles. The summed E-state index contributed by atoms with van der Waals surface area (Å²) in [5.74, 6) is -0.271. The smallest absolute Gasteiger partial charge is 0.243 e. The summed E-state index contributed by atoms with van der Waals surface area (Å²) < 4.78 is 32.8. The van der Waals surface area contributed by atoms with Crippen LogP contribution >= 0.6 is 0 Å². The maximum Gasteiger partial charge on any atom is 0.243 e. The third kappa shape index (κ3) is 6.49. The van der Waals surface area contributed by atoms with Crippen molar-refractivity contribution in [2.24, 2.45) is 0 Å². The molecular formula is C24H28N4O4S. The van der Waals surface area contributed by atoms with Crippen molar-refractivity contribution < 1.29 is 17.9 Å². The van der Waals surface area contributed by atoms with Gasteiger partial charge < -0.3 is 10.1 Å². The SMILES string of the molecule is C=CCN(CC(=O)Nc1ccc(C)c(S(=O)(=O)N2CCOCC2)c1)Cc1cccc(C#N)c1. The lowest BCUT2D eigenvalue weighted by atomic mass is 10.1. The largest absolute Gasteiger partial charge is 0.379 e. The first kappa shape index (κ1) is 24.6. The van der Waals surface area contributed by atoms with Crippen LogP contribution in [-0.4, -0.2) is 62.9 Å². The first-order valence-electron chi connectivity index (χ1n) is 10.6. The van der Waals surface area contributed by atoms with E-state index < -0.39 is 10.0 Å². The van der Waals surface area contributed by atoms with E-state index in [9.17, 15) is 13.2 Å². The molecule has 0 aromatic heterocycles. The molecule has 1 saturated heterocycles. The van der Waals surface area contributed by atoms with Gasteiger partial charge in [0.2, 0.25) is 15.9 Å². The molecule has 0 saturated carbocycles. The van der Waals surface area contributed by atoms with E-state index in [1.54, 1.807) is 37.3 Å². The maximum atomic E-state index is 13.1. The lowest BCUT2D eigenvalue weighted by Crippen LogP contribution is -2.40. The molecule has 1 N–H and O–H groups in total. The molecule has 0 atom stereocenters. The van der Waals surface area contributed by atoms with Crippen molar-refractivity contribution in [3.8, 4) is 6.07 Å². The third-order valence-electron chi connectivity index (χ3n) is 5.28. The summed E-state index contributed by atoms with van der Waals surface area (Å²) in [6, 6.07) is 14.2. The summed E-state index contributed by atoms with van der Waals surface area (Å²) in [4.78, 5) is 14.8. The highest BCUT2D eigenvalue weighted by atomic mass is 32.2. The average Bonchev–Trinajstić information content (AvgIpc) is 2.81. The van der Waals surface area contributed by atoms with E-state index in [1.807, 2.05) is 17.0 Å². The van der Waals surface area contributed by atoms with Gasteiger partial charge in [0.1, 0.15) is 0 Å². The van der Waals surface area contributed by atoms with Crippen molar-refractivity contribution in [2.45, 2.75) is 18.4 Å². The predicted octanol–water partition coefficient (Wildman–Crippen LogP) is 2.51. The minimum absolute atomic E-state index is 0.0855. The lowest BCUT2D eigenvalue weighted by molar-refractivity contribution is -0.117. The average molecular weight is 469 g/mol. The number of hydrogen-bond acceptors (Lipinski definition) is 6. The van der Waals surface area contributed by atoms with E-state index in [0.29, 0.717) is 56.2 Å². The van der Waals surface area contributed by atoms with E-state index in [4.69, 9.17) is 10.00 Å². The molecule has 1 aliphatic rings. The number of carbonyl (C=O) groups is 1. The predicted molar refractivity (Wildman–Crippen MR) is 126 cm³/mol. The Labute approximate surface area is 195 Å². The van der Waals surface area contributed by atoms with Gasteiger partial charge in [0.15, 0.2) is 0 Å². The zero-order valence-electron chi connectivity index (χ0n) is 18.7. The first-order chi connectivity index (χ1) is 15.8. The molecule has 8 nitrogen and oxygen atoms in total. The molecule has 2 aromatic rings. The van der Waals surface area contributed by atoms with Crippen molar-refractivity contribution >= 4 is 21.6 Å². The molecule has 0 unspecified atom stereocenters. The second kappa shape index (κ2) is 11.2. The number of nitrogens with one attached hydrogen (secondary N) is 1. The summed E-state index contributed by atoms with van der Waals surface area (Å²) in [6.07, 6.45) is 1.71. The quantitative estimate of drug-likeness (QED) is 0.568. The number of nitriles is 1. The Morgan fingerprint density at radius 3 is 2.73 bits per heavy atom. The van der Waals surface area contributed by atoms with Crippen LogP contribution in [0.15, 0.2) is 60.0 Å². The number of carbonyl (C=O) groups excluding carboxylic acids is 1. The monoisotopic (exact) mass is 468 g/mol. The highest BCUT2D eigenvalue weighted by Crippen LogP contribution is 2.24. The zero-order valence-corrected chi connectivity index (χ0v) is 19.5. The highest BCUT2D eigenvalue weighted by molar-refractivity contribution is 7.89. The van der Waals surface area contributed by atoms with Crippen LogP contribution in [0.4, 0.5) is 5.69 Å². The molecule has 0 radical (unpaired) electrons. The third-order valence-corrected chi connectivity index (χ3v) is 7.32. The number of nitrogens with zero attached hydrogens (tertiary/aromatic N) is 3. The Balaban J connectivity index is 1.71. The van der Waals surface area contributed by atoms with Crippen LogP contribution in [0.1, 0.15) is 16.7 Å². The number of amides is 1. The van der Waals surface area contributed by atoms with Gasteiger partial charge in [0.25, 0.3) is 0 Å². The van der Waals surface area contributed by atoms with Gasteiger partial charge in [-0.3, -0.25) is 9.69 Å². The fraction of sp³-hybridized carbons (Fsp3) is 0.333. The minimum Gasteiger partial charge on any atom is -0.379 e. The van der Waals surface area contributed by atoms with Crippen LogP contribution in [0.5, 0.6) is 0 Å². The van der Waals surface area contributed by atoms with E-state index in [-0.39, 0.29) is 17.3 Å². The summed E-state index contributed by atoms with van der Waals surface area (Å²) in [5, 5.41) is 11.9. The van der Waals surface area contributed by atoms with Gasteiger partial charge in [-0.15, -0.1) is 6.58 Å². The number of morpholine rings is 1. The molecule has 174 valence electrons. The van der Waals surface area contributed by atoms with Crippen molar-refractivity contribution in [1.29, 1.82) is 5.26 Å². The molecular weight excluding hydrogens is 440 g/mol. The second-order valence-corrected chi connectivity index (χ2v) is 9.72. The van der Waals surface area contributed by atoms with Crippen LogP contribution in [-0.2, 0) is 26.1 Å². The molecule has 9 heteroatoms. The van der Waals surface area contributed by atoms with Crippen LogP contribution in [0.2, 0.25) is 0 Å². The Kier molecular flexibility index (Phi) is 8.36. The normalized spacial score (nSPS) is 14.6. The van der Waals surface area contributed by atoms with Crippen LogP contribution in [0.3, 0.4) is 0 Å². The Morgan fingerprint density at radius 2 is 2.03 bits per heavy atom. The van der Waals surface area contributed by atoms with Gasteiger partial charge in [0, 0.05) is 31.9 Å². The molecule has 3 rings (SSSR count). The zero-order chi connectivity index (χ0) is 23.8. The van der Waals surface area contributed by atoms with E-state index in [2.05, 4.69) is 18.0 Å². The summed E-state index contributed by atoms with van der Waals surface area (Å²) in [7, 11) is -3.68. The standard InChI is InChI=1S/C24H28N4O4S/c1-3-9-27(17-21-6-4-5-20(14-21)16-25)18-24(29)26-22-8-7-19(2)23(15-22)33(30,31)28-10-12-32-13-11-28/h3-8,14-15H,1,9-13,17-18H2,2H3,(H,26,29). The van der Waals surface area contributed by atoms with Crippen molar-refractivity contribution in [3.05, 3.63) is 71.8 Å². The molecule has 1 heterocycles. The Bertz CT molecular complexity index is 1150. The van der Waals surface area contributed by atoms with Crippen molar-refractivity contribution in [1.82, 2.24) is 9.21 Å². The topological polar surface area (TPSA) is 103 Å². The van der Waals surface area contributed by atoms with Crippen LogP contribution < -0.4 is 5.32 Å². The molecule has 1 amide bonds. The Hall–Kier alpha value is -3.03. The van der Waals surface area contributed by atoms with Gasteiger partial charge in [0.05, 0.1) is 36.3 Å². The molecule has 33 heavy (non-hydrogen) atoms. The number of sulfonamides is 1. The molecule has 1 fully saturated rings. The van der Waals surface area contributed by atoms with Gasteiger partial charge in [-0.25, -0.2) is 8.42 Å².